The lowest BCUT2D eigenvalue weighted by atomic mass is 10.3. The molecule has 0 N–H and O–H groups in total. The number of carbonyl (C=O) groups excluding carboxylic acids is 2. The lowest BCUT2D eigenvalue weighted by Crippen LogP contribution is -2.34. The molecule has 98 valence electrons. The first-order chi connectivity index (χ1) is 8.56. The molecular weight excluding hydrogens is 250 g/mol. The fourth-order valence-electron chi connectivity index (χ4n) is 1.37. The lowest BCUT2D eigenvalue weighted by molar-refractivity contribution is -0.145. The zero-order chi connectivity index (χ0) is 13.5. The third-order valence-electron chi connectivity index (χ3n) is 2.39. The summed E-state index contributed by atoms with van der Waals surface area (Å²) in [6, 6.07) is 3.96. The molecule has 0 spiro atoms. The second-order valence-electron chi connectivity index (χ2n) is 3.71. The molecule has 1 amide bonds. The van der Waals surface area contributed by atoms with Crippen molar-refractivity contribution in [2.24, 2.45) is 0 Å². The van der Waals surface area contributed by atoms with Crippen LogP contribution >= 0.6 is 11.3 Å². The Bertz CT molecular complexity index is 451. The fraction of sp³-hybridized carbons (Fsp3) is 0.385. The topological polar surface area (TPSA) is 46.6 Å². The Kier molecular flexibility index (Phi) is 5.58. The molecule has 1 aromatic heterocycles. The van der Waals surface area contributed by atoms with Gasteiger partial charge in [0.05, 0.1) is 7.11 Å². The quantitative estimate of drug-likeness (QED) is 0.606. The number of ether oxygens (including phenoxy) is 1. The zero-order valence-electron chi connectivity index (χ0n) is 10.8. The molecule has 0 aliphatic heterocycles. The third kappa shape index (κ3) is 4.33. The van der Waals surface area contributed by atoms with E-state index in [4.69, 9.17) is 0 Å². The molecule has 0 fully saturated rings. The normalized spacial score (nSPS) is 10.6. The summed E-state index contributed by atoms with van der Waals surface area (Å²) >= 11 is 1.62. The number of amides is 1. The SMILES string of the molecule is CCN(CC(=O)OC)C(=O)/C=C/c1ccc(C)s1. The molecule has 5 heteroatoms. The summed E-state index contributed by atoms with van der Waals surface area (Å²) in [6.07, 6.45) is 3.25. The Morgan fingerprint density at radius 3 is 2.67 bits per heavy atom. The highest BCUT2D eigenvalue weighted by molar-refractivity contribution is 7.12. The molecule has 0 radical (unpaired) electrons. The molecule has 0 saturated heterocycles. The molecule has 1 heterocycles. The molecule has 1 rings (SSSR count). The van der Waals surface area contributed by atoms with Gasteiger partial charge in [-0.25, -0.2) is 0 Å². The molecule has 0 unspecified atom stereocenters. The van der Waals surface area contributed by atoms with Crippen molar-refractivity contribution in [2.45, 2.75) is 13.8 Å². The van der Waals surface area contributed by atoms with E-state index >= 15 is 0 Å². The smallest absolute Gasteiger partial charge is 0.325 e. The van der Waals surface area contributed by atoms with Crippen LogP contribution in [0.2, 0.25) is 0 Å². The maximum atomic E-state index is 11.8. The van der Waals surface area contributed by atoms with Gasteiger partial charge < -0.3 is 9.64 Å². The minimum absolute atomic E-state index is 0.0142. The molecule has 0 saturated carbocycles. The van der Waals surface area contributed by atoms with Crippen LogP contribution in [0.5, 0.6) is 0 Å². The van der Waals surface area contributed by atoms with E-state index in [1.54, 1.807) is 17.4 Å². The highest BCUT2D eigenvalue weighted by atomic mass is 32.1. The van der Waals surface area contributed by atoms with Gasteiger partial charge in [-0.15, -0.1) is 11.3 Å². The van der Waals surface area contributed by atoms with Crippen LogP contribution in [0.25, 0.3) is 6.08 Å². The van der Waals surface area contributed by atoms with Gasteiger partial charge in [0.15, 0.2) is 0 Å². The summed E-state index contributed by atoms with van der Waals surface area (Å²) in [7, 11) is 1.31. The van der Waals surface area contributed by atoms with Gasteiger partial charge in [0, 0.05) is 22.4 Å². The Labute approximate surface area is 111 Å². The van der Waals surface area contributed by atoms with Crippen LogP contribution in [0.4, 0.5) is 0 Å². The Morgan fingerprint density at radius 1 is 1.44 bits per heavy atom. The molecular formula is C13H17NO3S. The first-order valence-electron chi connectivity index (χ1n) is 5.67. The first kappa shape index (κ1) is 14.4. The van der Waals surface area contributed by atoms with Crippen LogP contribution < -0.4 is 0 Å². The van der Waals surface area contributed by atoms with Crippen LogP contribution in [-0.4, -0.2) is 37.0 Å². The second-order valence-corrected chi connectivity index (χ2v) is 5.03. The lowest BCUT2D eigenvalue weighted by Gasteiger charge is -2.17. The van der Waals surface area contributed by atoms with Crippen LogP contribution in [0.3, 0.4) is 0 Å². The summed E-state index contributed by atoms with van der Waals surface area (Å²) in [5.74, 6) is -0.598. The van der Waals surface area contributed by atoms with Gasteiger partial charge in [-0.1, -0.05) is 0 Å². The highest BCUT2D eigenvalue weighted by Gasteiger charge is 2.13. The third-order valence-corrected chi connectivity index (χ3v) is 3.36. The minimum atomic E-state index is -0.412. The number of nitrogens with zero attached hydrogens (tertiary/aromatic N) is 1. The number of hydrogen-bond donors (Lipinski definition) is 0. The molecule has 0 aliphatic carbocycles. The number of rotatable bonds is 5. The van der Waals surface area contributed by atoms with Crippen LogP contribution in [0.1, 0.15) is 16.7 Å². The largest absolute Gasteiger partial charge is 0.468 e. The molecule has 0 atom stereocenters. The van der Waals surface area contributed by atoms with E-state index in [9.17, 15) is 9.59 Å². The van der Waals surface area contributed by atoms with Crippen molar-refractivity contribution in [3.63, 3.8) is 0 Å². The average molecular weight is 267 g/mol. The van der Waals surface area contributed by atoms with Gasteiger partial charge in [0.25, 0.3) is 0 Å². The van der Waals surface area contributed by atoms with E-state index in [1.165, 1.54) is 23.0 Å². The number of methoxy groups -OCH3 is 1. The monoisotopic (exact) mass is 267 g/mol. The van der Waals surface area contributed by atoms with Crippen molar-refractivity contribution in [3.05, 3.63) is 28.0 Å². The van der Waals surface area contributed by atoms with Crippen molar-refractivity contribution in [3.8, 4) is 0 Å². The molecule has 0 aromatic carbocycles. The van der Waals surface area contributed by atoms with Gasteiger partial charge in [-0.05, 0) is 32.1 Å². The summed E-state index contributed by atoms with van der Waals surface area (Å²) < 4.78 is 4.54. The van der Waals surface area contributed by atoms with Gasteiger partial charge in [0.2, 0.25) is 5.91 Å². The average Bonchev–Trinajstić information content (AvgIpc) is 2.78. The standard InChI is InChI=1S/C13H17NO3S/c1-4-14(9-13(16)17-3)12(15)8-7-11-6-5-10(2)18-11/h5-8H,4,9H2,1-3H3/b8-7+. The van der Waals surface area contributed by atoms with Crippen molar-refractivity contribution in [1.82, 2.24) is 4.90 Å². The van der Waals surface area contributed by atoms with E-state index in [2.05, 4.69) is 4.74 Å². The van der Waals surface area contributed by atoms with Crippen LogP contribution in [-0.2, 0) is 14.3 Å². The number of esters is 1. The summed E-state index contributed by atoms with van der Waals surface area (Å²) in [6.45, 7) is 4.30. The Morgan fingerprint density at radius 2 is 2.17 bits per heavy atom. The Balaban J connectivity index is 2.62. The summed E-state index contributed by atoms with van der Waals surface area (Å²) in [5.41, 5.74) is 0. The van der Waals surface area contributed by atoms with Gasteiger partial charge in [-0.3, -0.25) is 9.59 Å². The predicted molar refractivity (Wildman–Crippen MR) is 72.4 cm³/mol. The number of likely N-dealkylation sites (N-methyl/N-ethyl adjacent to an activating group) is 1. The van der Waals surface area contributed by atoms with E-state index in [0.29, 0.717) is 6.54 Å². The van der Waals surface area contributed by atoms with E-state index < -0.39 is 5.97 Å². The number of carbonyl (C=O) groups is 2. The summed E-state index contributed by atoms with van der Waals surface area (Å²) in [4.78, 5) is 26.6. The Hall–Kier alpha value is -1.62. The van der Waals surface area contributed by atoms with Gasteiger partial charge in [0.1, 0.15) is 6.54 Å². The van der Waals surface area contributed by atoms with Crippen LogP contribution in [0, 0.1) is 6.92 Å². The van der Waals surface area contributed by atoms with Gasteiger partial charge >= 0.3 is 5.97 Å². The highest BCUT2D eigenvalue weighted by Crippen LogP contribution is 2.16. The predicted octanol–water partition coefficient (Wildman–Crippen LogP) is 2.09. The second kappa shape index (κ2) is 6.96. The van der Waals surface area contributed by atoms with Crippen molar-refractivity contribution >= 4 is 29.3 Å². The van der Waals surface area contributed by atoms with Crippen LogP contribution in [0.15, 0.2) is 18.2 Å². The first-order valence-corrected chi connectivity index (χ1v) is 6.48. The maximum Gasteiger partial charge on any atom is 0.325 e. The van der Waals surface area contributed by atoms with Crippen molar-refractivity contribution in [2.75, 3.05) is 20.2 Å². The van der Waals surface area contributed by atoms with E-state index in [0.717, 1.165) is 4.88 Å². The zero-order valence-corrected chi connectivity index (χ0v) is 11.6. The number of aryl methyl sites for hydroxylation is 1. The van der Waals surface area contributed by atoms with Crippen molar-refractivity contribution < 1.29 is 14.3 Å². The van der Waals surface area contributed by atoms with Crippen molar-refractivity contribution in [1.29, 1.82) is 0 Å². The summed E-state index contributed by atoms with van der Waals surface area (Å²) in [5, 5.41) is 0. The number of thiophene rings is 1. The van der Waals surface area contributed by atoms with Gasteiger partial charge in [-0.2, -0.15) is 0 Å². The minimum Gasteiger partial charge on any atom is -0.468 e. The molecule has 18 heavy (non-hydrogen) atoms. The fourth-order valence-corrected chi connectivity index (χ4v) is 2.15. The van der Waals surface area contributed by atoms with E-state index in [-0.39, 0.29) is 12.5 Å². The van der Waals surface area contributed by atoms with E-state index in [1.807, 2.05) is 26.0 Å². The molecule has 4 nitrogen and oxygen atoms in total. The maximum absolute atomic E-state index is 11.8. The molecule has 0 bridgehead atoms. The molecule has 1 aromatic rings. The number of hydrogen-bond acceptors (Lipinski definition) is 4. The molecule has 0 aliphatic rings.